The molecule has 0 radical (unpaired) electrons. The highest BCUT2D eigenvalue weighted by Gasteiger charge is 2.41. The topological polar surface area (TPSA) is 12.0 Å². The van der Waals surface area contributed by atoms with Gasteiger partial charge in [-0.2, -0.15) is 0 Å². The zero-order valence-electron chi connectivity index (χ0n) is 8.89. The second-order valence-corrected chi connectivity index (χ2v) is 4.93. The average molecular weight is 222 g/mol. The molecule has 14 heavy (non-hydrogen) atoms. The van der Waals surface area contributed by atoms with Crippen molar-refractivity contribution in [3.63, 3.8) is 0 Å². The summed E-state index contributed by atoms with van der Waals surface area (Å²) in [6.07, 6.45) is 6.81. The normalized spacial score (nSPS) is 39.4. The molecule has 1 saturated carbocycles. The third-order valence-corrected chi connectivity index (χ3v) is 3.88. The second kappa shape index (κ2) is 4.80. The van der Waals surface area contributed by atoms with Crippen molar-refractivity contribution in [1.29, 1.82) is 0 Å². The van der Waals surface area contributed by atoms with Crippen LogP contribution in [-0.4, -0.2) is 18.3 Å². The first kappa shape index (κ1) is 12.3. The Kier molecular flexibility index (Phi) is 4.20. The van der Waals surface area contributed by atoms with Gasteiger partial charge < -0.3 is 5.32 Å². The van der Waals surface area contributed by atoms with Gasteiger partial charge in [0.05, 0.1) is 0 Å². The van der Waals surface area contributed by atoms with Gasteiger partial charge in [-0.3, -0.25) is 0 Å². The first-order valence-corrected chi connectivity index (χ1v) is 5.60. The van der Waals surface area contributed by atoms with Crippen LogP contribution in [0.2, 0.25) is 0 Å². The van der Waals surface area contributed by atoms with E-state index in [9.17, 15) is 4.39 Å². The number of halogens is 2. The third kappa shape index (κ3) is 2.40. The lowest BCUT2D eigenvalue weighted by Crippen LogP contribution is -2.44. The zero-order valence-corrected chi connectivity index (χ0v) is 9.71. The van der Waals surface area contributed by atoms with Gasteiger partial charge in [0.1, 0.15) is 6.17 Å². The fraction of sp³-hybridized carbons (Fsp3) is 1.00. The van der Waals surface area contributed by atoms with Gasteiger partial charge in [-0.05, 0) is 32.1 Å². The van der Waals surface area contributed by atoms with Gasteiger partial charge in [-0.15, -0.1) is 12.4 Å². The van der Waals surface area contributed by atoms with Crippen LogP contribution in [-0.2, 0) is 0 Å². The SMILES string of the molecule is CC1(C2CCCCC2)CC(F)CN1.Cl. The molecule has 1 N–H and O–H groups in total. The highest BCUT2D eigenvalue weighted by Crippen LogP contribution is 2.38. The lowest BCUT2D eigenvalue weighted by Gasteiger charge is -2.37. The maximum absolute atomic E-state index is 13.1. The molecule has 0 aromatic rings. The molecule has 2 fully saturated rings. The molecule has 84 valence electrons. The summed E-state index contributed by atoms with van der Waals surface area (Å²) >= 11 is 0. The van der Waals surface area contributed by atoms with E-state index < -0.39 is 6.17 Å². The highest BCUT2D eigenvalue weighted by atomic mass is 35.5. The van der Waals surface area contributed by atoms with Gasteiger partial charge >= 0.3 is 0 Å². The monoisotopic (exact) mass is 221 g/mol. The highest BCUT2D eigenvalue weighted by molar-refractivity contribution is 5.85. The Bertz CT molecular complexity index is 182. The fourth-order valence-electron chi connectivity index (χ4n) is 3.00. The Morgan fingerprint density at radius 1 is 1.21 bits per heavy atom. The van der Waals surface area contributed by atoms with E-state index in [-0.39, 0.29) is 17.9 Å². The Morgan fingerprint density at radius 2 is 1.86 bits per heavy atom. The Balaban J connectivity index is 0.000000980. The molecular weight excluding hydrogens is 201 g/mol. The first-order chi connectivity index (χ1) is 6.21. The Morgan fingerprint density at radius 3 is 2.36 bits per heavy atom. The number of nitrogens with one attached hydrogen (secondary N) is 1. The smallest absolute Gasteiger partial charge is 0.114 e. The molecule has 2 atom stereocenters. The maximum Gasteiger partial charge on any atom is 0.114 e. The molecule has 2 aliphatic rings. The molecule has 2 unspecified atom stereocenters. The summed E-state index contributed by atoms with van der Waals surface area (Å²) in [5, 5.41) is 3.38. The van der Waals surface area contributed by atoms with E-state index >= 15 is 0 Å². The van der Waals surface area contributed by atoms with Gasteiger partial charge in [0.2, 0.25) is 0 Å². The van der Waals surface area contributed by atoms with Gasteiger partial charge in [-0.1, -0.05) is 19.3 Å². The Hall–Kier alpha value is 0.180. The number of hydrogen-bond donors (Lipinski definition) is 1. The molecule has 1 nitrogen and oxygen atoms in total. The summed E-state index contributed by atoms with van der Waals surface area (Å²) < 4.78 is 13.1. The fourth-order valence-corrected chi connectivity index (χ4v) is 3.00. The van der Waals surface area contributed by atoms with Gasteiger partial charge in [0, 0.05) is 12.1 Å². The lowest BCUT2D eigenvalue weighted by atomic mass is 9.75. The van der Waals surface area contributed by atoms with Crippen LogP contribution in [0.25, 0.3) is 0 Å². The van der Waals surface area contributed by atoms with Crippen molar-refractivity contribution < 1.29 is 4.39 Å². The van der Waals surface area contributed by atoms with E-state index in [1.54, 1.807) is 0 Å². The number of hydrogen-bond acceptors (Lipinski definition) is 1. The average Bonchev–Trinajstić information content (AvgIpc) is 2.49. The second-order valence-electron chi connectivity index (χ2n) is 4.93. The quantitative estimate of drug-likeness (QED) is 0.718. The maximum atomic E-state index is 13.1. The van der Waals surface area contributed by atoms with E-state index in [4.69, 9.17) is 0 Å². The van der Waals surface area contributed by atoms with Crippen molar-refractivity contribution in [2.24, 2.45) is 5.92 Å². The first-order valence-electron chi connectivity index (χ1n) is 5.60. The molecule has 0 bridgehead atoms. The van der Waals surface area contributed by atoms with Crippen LogP contribution in [0.4, 0.5) is 4.39 Å². The molecule has 0 aromatic heterocycles. The van der Waals surface area contributed by atoms with Crippen molar-refractivity contribution in [3.05, 3.63) is 0 Å². The molecule has 1 aliphatic carbocycles. The van der Waals surface area contributed by atoms with E-state index in [1.165, 1.54) is 32.1 Å². The van der Waals surface area contributed by atoms with Crippen LogP contribution >= 0.6 is 12.4 Å². The van der Waals surface area contributed by atoms with E-state index in [2.05, 4.69) is 12.2 Å². The minimum absolute atomic E-state index is 0. The van der Waals surface area contributed by atoms with Crippen LogP contribution in [0.5, 0.6) is 0 Å². The van der Waals surface area contributed by atoms with Crippen molar-refractivity contribution in [2.75, 3.05) is 6.54 Å². The minimum Gasteiger partial charge on any atom is -0.308 e. The molecule has 0 aromatic carbocycles. The van der Waals surface area contributed by atoms with Crippen LogP contribution in [0, 0.1) is 5.92 Å². The molecule has 0 spiro atoms. The third-order valence-electron chi connectivity index (χ3n) is 3.88. The largest absolute Gasteiger partial charge is 0.308 e. The van der Waals surface area contributed by atoms with Crippen LogP contribution in [0.15, 0.2) is 0 Å². The van der Waals surface area contributed by atoms with E-state index in [0.717, 1.165) is 12.3 Å². The molecule has 2 rings (SSSR count). The van der Waals surface area contributed by atoms with Crippen LogP contribution in [0.3, 0.4) is 0 Å². The number of rotatable bonds is 1. The zero-order chi connectivity index (χ0) is 9.31. The van der Waals surface area contributed by atoms with Gasteiger partial charge in [0.15, 0.2) is 0 Å². The number of alkyl halides is 1. The standard InChI is InChI=1S/C11H20FN.ClH/c1-11(7-10(12)8-13-11)9-5-3-2-4-6-9;/h9-10,13H,2-8H2,1H3;1H. The van der Waals surface area contributed by atoms with Crippen molar-refractivity contribution in [1.82, 2.24) is 5.32 Å². The predicted molar refractivity (Wildman–Crippen MR) is 59.7 cm³/mol. The van der Waals surface area contributed by atoms with E-state index in [1.807, 2.05) is 0 Å². The molecular formula is C11H21ClFN. The van der Waals surface area contributed by atoms with Crippen molar-refractivity contribution in [3.8, 4) is 0 Å². The molecule has 1 aliphatic heterocycles. The van der Waals surface area contributed by atoms with Crippen molar-refractivity contribution >= 4 is 12.4 Å². The van der Waals surface area contributed by atoms with Gasteiger partial charge in [-0.25, -0.2) is 4.39 Å². The Labute approximate surface area is 92.2 Å². The summed E-state index contributed by atoms with van der Waals surface area (Å²) in [6, 6.07) is 0. The summed E-state index contributed by atoms with van der Waals surface area (Å²) in [5.74, 6) is 0.724. The molecule has 0 amide bonds. The van der Waals surface area contributed by atoms with Crippen LogP contribution < -0.4 is 5.32 Å². The van der Waals surface area contributed by atoms with Gasteiger partial charge in [0.25, 0.3) is 0 Å². The van der Waals surface area contributed by atoms with Crippen LogP contribution in [0.1, 0.15) is 45.4 Å². The van der Waals surface area contributed by atoms with Crippen molar-refractivity contribution in [2.45, 2.75) is 57.2 Å². The summed E-state index contributed by atoms with van der Waals surface area (Å²) in [6.45, 7) is 2.79. The summed E-state index contributed by atoms with van der Waals surface area (Å²) in [4.78, 5) is 0. The summed E-state index contributed by atoms with van der Waals surface area (Å²) in [5.41, 5.74) is 0.111. The predicted octanol–water partition coefficient (Wildman–Crippen LogP) is 3.08. The van der Waals surface area contributed by atoms with E-state index in [0.29, 0.717) is 6.54 Å². The molecule has 1 saturated heterocycles. The molecule has 3 heteroatoms. The lowest BCUT2D eigenvalue weighted by molar-refractivity contribution is 0.190. The molecule has 1 heterocycles. The minimum atomic E-state index is -0.605. The summed E-state index contributed by atoms with van der Waals surface area (Å²) in [7, 11) is 0.